The number of allylic oxidation sites excluding steroid dienone is 2. The Morgan fingerprint density at radius 2 is 1.33 bits per heavy atom. The van der Waals surface area contributed by atoms with Gasteiger partial charge in [-0.05, 0) is 44.9 Å². The number of ether oxygens (including phenoxy) is 2. The average Bonchev–Trinajstić information content (AvgIpc) is 2.86. The quantitative estimate of drug-likeness (QED) is 0.350. The highest BCUT2D eigenvalue weighted by atomic mass is 16.6. The Morgan fingerprint density at radius 3 is 1.71 bits per heavy atom. The highest BCUT2D eigenvalue weighted by molar-refractivity contribution is 5.70. The lowest BCUT2D eigenvalue weighted by atomic mass is 10.2. The number of rotatable bonds is 10. The molecule has 0 heterocycles. The fourth-order valence-electron chi connectivity index (χ4n) is 2.40. The van der Waals surface area contributed by atoms with Crippen molar-refractivity contribution in [2.75, 3.05) is 0 Å². The predicted molar refractivity (Wildman–Crippen MR) is 81.7 cm³/mol. The SMILES string of the molecule is C=CCCCC(=O)O[C@H]1CCC[C@H]1OC(=O)CCCC=C. The molecule has 1 aliphatic rings. The van der Waals surface area contributed by atoms with Gasteiger partial charge < -0.3 is 9.47 Å². The summed E-state index contributed by atoms with van der Waals surface area (Å²) in [5.41, 5.74) is 0. The molecule has 0 aromatic rings. The minimum Gasteiger partial charge on any atom is -0.458 e. The van der Waals surface area contributed by atoms with E-state index in [1.165, 1.54) is 0 Å². The van der Waals surface area contributed by atoms with Crippen molar-refractivity contribution in [2.24, 2.45) is 0 Å². The predicted octanol–water partition coefficient (Wildman–Crippen LogP) is 3.71. The summed E-state index contributed by atoms with van der Waals surface area (Å²) < 4.78 is 10.9. The van der Waals surface area contributed by atoms with Crippen LogP contribution in [0.2, 0.25) is 0 Å². The topological polar surface area (TPSA) is 52.6 Å². The maximum absolute atomic E-state index is 11.7. The minimum atomic E-state index is -0.274. The summed E-state index contributed by atoms with van der Waals surface area (Å²) in [7, 11) is 0. The maximum atomic E-state index is 11.7. The molecule has 0 aromatic carbocycles. The number of hydrogen-bond acceptors (Lipinski definition) is 4. The molecule has 0 saturated heterocycles. The molecule has 1 fully saturated rings. The van der Waals surface area contributed by atoms with Crippen LogP contribution in [-0.4, -0.2) is 24.1 Å². The summed E-state index contributed by atoms with van der Waals surface area (Å²) in [6.07, 6.45) is 9.41. The molecule has 118 valence electrons. The molecule has 0 aromatic heterocycles. The van der Waals surface area contributed by atoms with Crippen molar-refractivity contribution in [3.63, 3.8) is 0 Å². The van der Waals surface area contributed by atoms with Crippen LogP contribution in [0.3, 0.4) is 0 Å². The Hall–Kier alpha value is -1.58. The Labute approximate surface area is 127 Å². The number of carbonyl (C=O) groups excluding carboxylic acids is 2. The van der Waals surface area contributed by atoms with E-state index in [4.69, 9.17) is 9.47 Å². The van der Waals surface area contributed by atoms with Crippen molar-refractivity contribution in [1.82, 2.24) is 0 Å². The van der Waals surface area contributed by atoms with Crippen molar-refractivity contribution in [3.8, 4) is 0 Å². The molecule has 21 heavy (non-hydrogen) atoms. The molecule has 1 aliphatic carbocycles. The third-order valence-electron chi connectivity index (χ3n) is 3.54. The molecule has 0 aliphatic heterocycles. The number of esters is 2. The second kappa shape index (κ2) is 10.2. The highest BCUT2D eigenvalue weighted by Crippen LogP contribution is 2.26. The first-order chi connectivity index (χ1) is 10.2. The van der Waals surface area contributed by atoms with E-state index >= 15 is 0 Å². The van der Waals surface area contributed by atoms with Crippen molar-refractivity contribution >= 4 is 11.9 Å². The standard InChI is InChI=1S/C17H26O4/c1-3-5-7-12-16(18)20-14-10-9-11-15(14)21-17(19)13-8-6-4-2/h3-4,14-15H,1-2,5-13H2/t14-,15+. The zero-order valence-corrected chi connectivity index (χ0v) is 12.7. The monoisotopic (exact) mass is 294 g/mol. The molecule has 0 N–H and O–H groups in total. The zero-order valence-electron chi connectivity index (χ0n) is 12.7. The van der Waals surface area contributed by atoms with Gasteiger partial charge >= 0.3 is 11.9 Å². The fourth-order valence-corrected chi connectivity index (χ4v) is 2.40. The fraction of sp³-hybridized carbons (Fsp3) is 0.647. The first-order valence-electron chi connectivity index (χ1n) is 7.78. The van der Waals surface area contributed by atoms with E-state index in [1.54, 1.807) is 12.2 Å². The van der Waals surface area contributed by atoms with Crippen LogP contribution in [0.15, 0.2) is 25.3 Å². The van der Waals surface area contributed by atoms with Gasteiger partial charge in [0.05, 0.1) is 0 Å². The van der Waals surface area contributed by atoms with Gasteiger partial charge in [-0.25, -0.2) is 0 Å². The summed E-state index contributed by atoms with van der Waals surface area (Å²) in [4.78, 5) is 23.4. The van der Waals surface area contributed by atoms with Crippen LogP contribution >= 0.6 is 0 Å². The van der Waals surface area contributed by atoms with Gasteiger partial charge in [0.15, 0.2) is 0 Å². The largest absolute Gasteiger partial charge is 0.458 e. The molecule has 4 nitrogen and oxygen atoms in total. The van der Waals surface area contributed by atoms with Crippen molar-refractivity contribution in [3.05, 3.63) is 25.3 Å². The highest BCUT2D eigenvalue weighted by Gasteiger charge is 2.33. The van der Waals surface area contributed by atoms with Gasteiger partial charge in [-0.15, -0.1) is 13.2 Å². The van der Waals surface area contributed by atoms with Crippen LogP contribution in [0.25, 0.3) is 0 Å². The first-order valence-corrected chi connectivity index (χ1v) is 7.78. The van der Waals surface area contributed by atoms with Gasteiger partial charge in [0.2, 0.25) is 0 Å². The first kappa shape index (κ1) is 17.5. The van der Waals surface area contributed by atoms with Crippen LogP contribution in [0.5, 0.6) is 0 Å². The van der Waals surface area contributed by atoms with Crippen LogP contribution in [0.4, 0.5) is 0 Å². The molecule has 0 bridgehead atoms. The van der Waals surface area contributed by atoms with Gasteiger partial charge in [0.1, 0.15) is 12.2 Å². The summed E-state index contributed by atoms with van der Waals surface area (Å²) >= 11 is 0. The van der Waals surface area contributed by atoms with Gasteiger partial charge in [-0.2, -0.15) is 0 Å². The lowest BCUT2D eigenvalue weighted by molar-refractivity contribution is -0.165. The average molecular weight is 294 g/mol. The van der Waals surface area contributed by atoms with Crippen molar-refractivity contribution < 1.29 is 19.1 Å². The Kier molecular flexibility index (Phi) is 8.48. The molecular formula is C17H26O4. The Balaban J connectivity index is 2.30. The van der Waals surface area contributed by atoms with E-state index in [9.17, 15) is 9.59 Å². The van der Waals surface area contributed by atoms with Crippen LogP contribution < -0.4 is 0 Å². The van der Waals surface area contributed by atoms with Crippen LogP contribution in [0, 0.1) is 0 Å². The summed E-state index contributed by atoms with van der Waals surface area (Å²) in [5.74, 6) is -0.423. The summed E-state index contributed by atoms with van der Waals surface area (Å²) in [6, 6.07) is 0. The van der Waals surface area contributed by atoms with E-state index < -0.39 is 0 Å². The Morgan fingerprint density at radius 1 is 0.905 bits per heavy atom. The van der Waals surface area contributed by atoms with Crippen LogP contribution in [0.1, 0.15) is 57.8 Å². The molecule has 2 atom stereocenters. The smallest absolute Gasteiger partial charge is 0.306 e. The third kappa shape index (κ3) is 7.11. The molecule has 1 rings (SSSR count). The van der Waals surface area contributed by atoms with Gasteiger partial charge in [-0.3, -0.25) is 9.59 Å². The normalized spacial score (nSPS) is 20.8. The van der Waals surface area contributed by atoms with Crippen molar-refractivity contribution in [1.29, 1.82) is 0 Å². The minimum absolute atomic E-state index is 0.212. The molecule has 0 unspecified atom stereocenters. The molecule has 1 saturated carbocycles. The number of unbranched alkanes of at least 4 members (excludes halogenated alkanes) is 2. The van der Waals surface area contributed by atoms with E-state index in [-0.39, 0.29) is 24.1 Å². The second-order valence-electron chi connectivity index (χ2n) is 5.35. The molecule has 4 heteroatoms. The van der Waals surface area contributed by atoms with Gasteiger partial charge in [0.25, 0.3) is 0 Å². The van der Waals surface area contributed by atoms with Crippen LogP contribution in [-0.2, 0) is 19.1 Å². The zero-order chi connectivity index (χ0) is 15.5. The summed E-state index contributed by atoms with van der Waals surface area (Å²) in [6.45, 7) is 7.24. The lowest BCUT2D eigenvalue weighted by Crippen LogP contribution is -2.30. The maximum Gasteiger partial charge on any atom is 0.306 e. The molecule has 0 amide bonds. The number of carbonyl (C=O) groups is 2. The second-order valence-corrected chi connectivity index (χ2v) is 5.35. The molecule has 0 radical (unpaired) electrons. The Bertz CT molecular complexity index is 328. The van der Waals surface area contributed by atoms with E-state index in [2.05, 4.69) is 13.2 Å². The molecule has 0 spiro atoms. The van der Waals surface area contributed by atoms with E-state index in [1.807, 2.05) is 0 Å². The summed E-state index contributed by atoms with van der Waals surface area (Å²) in [5, 5.41) is 0. The van der Waals surface area contributed by atoms with E-state index in [0.717, 1.165) is 44.9 Å². The number of hydrogen-bond donors (Lipinski definition) is 0. The third-order valence-corrected chi connectivity index (χ3v) is 3.54. The van der Waals surface area contributed by atoms with Gasteiger partial charge in [-0.1, -0.05) is 12.2 Å². The van der Waals surface area contributed by atoms with Crippen molar-refractivity contribution in [2.45, 2.75) is 70.0 Å². The van der Waals surface area contributed by atoms with Gasteiger partial charge in [0, 0.05) is 12.8 Å². The van der Waals surface area contributed by atoms with E-state index in [0.29, 0.717) is 12.8 Å². The lowest BCUT2D eigenvalue weighted by Gasteiger charge is -2.20. The molecular weight excluding hydrogens is 268 g/mol.